The van der Waals surface area contributed by atoms with Gasteiger partial charge in [-0.1, -0.05) is 29.3 Å². The highest BCUT2D eigenvalue weighted by molar-refractivity contribution is 7.89. The van der Waals surface area contributed by atoms with E-state index in [4.69, 9.17) is 33.1 Å². The van der Waals surface area contributed by atoms with Gasteiger partial charge in [0.05, 0.1) is 14.9 Å². The number of sulfonamides is 1. The number of hydrogen-bond donors (Lipinski definition) is 1. The maximum Gasteiger partial charge on any atom is 0.238 e. The first-order valence-electron chi connectivity index (χ1n) is 8.52. The van der Waals surface area contributed by atoms with Crippen molar-refractivity contribution >= 4 is 39.0 Å². The number of Topliss-reactive ketones (excluding diaryl/α,β-unsaturated/α-hetero) is 1. The van der Waals surface area contributed by atoms with E-state index in [1.807, 2.05) is 11.5 Å². The number of benzene rings is 2. The second-order valence-electron chi connectivity index (χ2n) is 6.42. The standard InChI is InChI=1S/C20H18Cl2N2O4S/c1-12-10-16(19(25)11-28-20-17(21)4-3-5-18(20)22)13(2)24(12)14-6-8-15(9-7-14)29(23,26)27/h3-10H,11H2,1-2H3,(H2,23,26,27). The largest absolute Gasteiger partial charge is 0.482 e. The summed E-state index contributed by atoms with van der Waals surface area (Å²) in [5, 5.41) is 5.79. The van der Waals surface area contributed by atoms with E-state index in [2.05, 4.69) is 0 Å². The van der Waals surface area contributed by atoms with Crippen LogP contribution in [-0.4, -0.2) is 25.4 Å². The summed E-state index contributed by atoms with van der Waals surface area (Å²) in [6, 6.07) is 12.8. The van der Waals surface area contributed by atoms with E-state index in [0.29, 0.717) is 27.0 Å². The van der Waals surface area contributed by atoms with E-state index in [9.17, 15) is 13.2 Å². The van der Waals surface area contributed by atoms with Gasteiger partial charge in [-0.15, -0.1) is 0 Å². The van der Waals surface area contributed by atoms with Crippen LogP contribution >= 0.6 is 23.2 Å². The van der Waals surface area contributed by atoms with Gasteiger partial charge in [-0.05, 0) is 56.3 Å². The summed E-state index contributed by atoms with van der Waals surface area (Å²) in [4.78, 5) is 12.7. The maximum atomic E-state index is 12.7. The van der Waals surface area contributed by atoms with Crippen LogP contribution in [0.3, 0.4) is 0 Å². The SMILES string of the molecule is Cc1cc(C(=O)COc2c(Cl)cccc2Cl)c(C)n1-c1ccc(S(N)(=O)=O)cc1. The number of halogens is 2. The Hall–Kier alpha value is -2.32. The predicted molar refractivity (Wildman–Crippen MR) is 113 cm³/mol. The zero-order valence-electron chi connectivity index (χ0n) is 15.6. The molecule has 3 rings (SSSR count). The number of aromatic nitrogens is 1. The number of para-hydroxylation sites is 1. The molecule has 9 heteroatoms. The summed E-state index contributed by atoms with van der Waals surface area (Å²) in [5.74, 6) is 0.0260. The molecule has 2 N–H and O–H groups in total. The molecule has 0 fully saturated rings. The lowest BCUT2D eigenvalue weighted by atomic mass is 10.1. The minimum atomic E-state index is -3.77. The predicted octanol–water partition coefficient (Wildman–Crippen LogP) is 4.31. The summed E-state index contributed by atoms with van der Waals surface area (Å²) < 4.78 is 30.3. The first kappa shape index (κ1) is 21.4. The highest BCUT2D eigenvalue weighted by Gasteiger charge is 2.19. The average Bonchev–Trinajstić information content (AvgIpc) is 2.95. The lowest BCUT2D eigenvalue weighted by Crippen LogP contribution is -2.13. The molecule has 0 aliphatic carbocycles. The van der Waals surface area contributed by atoms with Gasteiger partial charge in [-0.2, -0.15) is 0 Å². The zero-order chi connectivity index (χ0) is 21.3. The van der Waals surface area contributed by atoms with Crippen LogP contribution in [0.1, 0.15) is 21.7 Å². The molecule has 1 aromatic heterocycles. The summed E-state index contributed by atoms with van der Waals surface area (Å²) in [6.07, 6.45) is 0. The van der Waals surface area contributed by atoms with Gasteiger partial charge in [0.25, 0.3) is 0 Å². The Labute approximate surface area is 178 Å². The third-order valence-electron chi connectivity index (χ3n) is 4.42. The van der Waals surface area contributed by atoms with Crippen molar-refractivity contribution in [2.24, 2.45) is 5.14 Å². The monoisotopic (exact) mass is 452 g/mol. The van der Waals surface area contributed by atoms with Crippen LogP contribution in [-0.2, 0) is 10.0 Å². The highest BCUT2D eigenvalue weighted by Crippen LogP contribution is 2.32. The average molecular weight is 453 g/mol. The number of rotatable bonds is 6. The summed E-state index contributed by atoms with van der Waals surface area (Å²) in [6.45, 7) is 3.43. The fourth-order valence-electron chi connectivity index (χ4n) is 3.06. The number of nitrogens with zero attached hydrogens (tertiary/aromatic N) is 1. The lowest BCUT2D eigenvalue weighted by molar-refractivity contribution is 0.0921. The molecule has 0 aliphatic heterocycles. The molecule has 0 radical (unpaired) electrons. The van der Waals surface area contributed by atoms with Gasteiger partial charge >= 0.3 is 0 Å². The number of ether oxygens (including phenoxy) is 1. The Morgan fingerprint density at radius 1 is 1.07 bits per heavy atom. The van der Waals surface area contributed by atoms with Crippen LogP contribution in [0.2, 0.25) is 10.0 Å². The zero-order valence-corrected chi connectivity index (χ0v) is 18.0. The molecule has 0 saturated heterocycles. The van der Waals surface area contributed by atoms with Crippen LogP contribution in [0.25, 0.3) is 5.69 Å². The van der Waals surface area contributed by atoms with E-state index in [1.165, 1.54) is 12.1 Å². The van der Waals surface area contributed by atoms with E-state index in [-0.39, 0.29) is 23.0 Å². The molecule has 3 aromatic rings. The van der Waals surface area contributed by atoms with E-state index in [1.54, 1.807) is 43.3 Å². The van der Waals surface area contributed by atoms with Crippen molar-refractivity contribution in [1.82, 2.24) is 4.57 Å². The minimum absolute atomic E-state index is 0.0185. The fraction of sp³-hybridized carbons (Fsp3) is 0.150. The molecule has 0 amide bonds. The third kappa shape index (κ3) is 4.48. The van der Waals surface area contributed by atoms with Gasteiger partial charge < -0.3 is 9.30 Å². The van der Waals surface area contributed by atoms with Gasteiger partial charge in [0.15, 0.2) is 12.4 Å². The van der Waals surface area contributed by atoms with Crippen molar-refractivity contribution in [3.8, 4) is 11.4 Å². The molecule has 0 saturated carbocycles. The molecular formula is C20H18Cl2N2O4S. The van der Waals surface area contributed by atoms with E-state index >= 15 is 0 Å². The Bertz CT molecular complexity index is 1170. The molecule has 6 nitrogen and oxygen atoms in total. The van der Waals surface area contributed by atoms with Crippen LogP contribution < -0.4 is 9.88 Å². The maximum absolute atomic E-state index is 12.7. The van der Waals surface area contributed by atoms with Crippen molar-refractivity contribution in [1.29, 1.82) is 0 Å². The Morgan fingerprint density at radius 3 is 2.21 bits per heavy atom. The normalized spacial score (nSPS) is 11.5. The molecule has 29 heavy (non-hydrogen) atoms. The number of hydrogen-bond acceptors (Lipinski definition) is 4. The number of nitrogens with two attached hydrogens (primary N) is 1. The molecule has 0 unspecified atom stereocenters. The Morgan fingerprint density at radius 2 is 1.66 bits per heavy atom. The Kier molecular flexibility index (Phi) is 6.05. The summed E-state index contributed by atoms with van der Waals surface area (Å²) in [5.41, 5.74) is 2.71. The molecule has 0 atom stereocenters. The second kappa shape index (κ2) is 8.20. The van der Waals surface area contributed by atoms with Crippen molar-refractivity contribution in [2.75, 3.05) is 6.61 Å². The first-order chi connectivity index (χ1) is 13.6. The van der Waals surface area contributed by atoms with Crippen LogP contribution in [0, 0.1) is 13.8 Å². The third-order valence-corrected chi connectivity index (χ3v) is 5.95. The number of carbonyl (C=O) groups is 1. The van der Waals surface area contributed by atoms with Crippen LogP contribution in [0.15, 0.2) is 53.4 Å². The smallest absolute Gasteiger partial charge is 0.238 e. The van der Waals surface area contributed by atoms with Gasteiger partial charge in [0.1, 0.15) is 0 Å². The van der Waals surface area contributed by atoms with E-state index < -0.39 is 10.0 Å². The minimum Gasteiger partial charge on any atom is -0.482 e. The summed E-state index contributed by atoms with van der Waals surface area (Å²) >= 11 is 12.1. The molecule has 0 aliphatic rings. The van der Waals surface area contributed by atoms with Crippen molar-refractivity contribution in [3.05, 3.63) is 75.5 Å². The van der Waals surface area contributed by atoms with Crippen LogP contribution in [0.4, 0.5) is 0 Å². The second-order valence-corrected chi connectivity index (χ2v) is 8.80. The van der Waals surface area contributed by atoms with Crippen LogP contribution in [0.5, 0.6) is 5.75 Å². The van der Waals surface area contributed by atoms with E-state index in [0.717, 1.165) is 5.69 Å². The van der Waals surface area contributed by atoms with Crippen molar-refractivity contribution < 1.29 is 17.9 Å². The number of ketones is 1. The fourth-order valence-corrected chi connectivity index (χ4v) is 4.09. The molecule has 152 valence electrons. The molecular weight excluding hydrogens is 435 g/mol. The number of aryl methyl sites for hydroxylation is 1. The summed E-state index contributed by atoms with van der Waals surface area (Å²) in [7, 11) is -3.77. The molecule has 2 aromatic carbocycles. The van der Waals surface area contributed by atoms with Crippen molar-refractivity contribution in [2.45, 2.75) is 18.7 Å². The van der Waals surface area contributed by atoms with Gasteiger partial charge in [0, 0.05) is 22.6 Å². The van der Waals surface area contributed by atoms with Crippen molar-refractivity contribution in [3.63, 3.8) is 0 Å². The number of primary sulfonamides is 1. The Balaban J connectivity index is 1.86. The number of carbonyl (C=O) groups excluding carboxylic acids is 1. The molecule has 1 heterocycles. The topological polar surface area (TPSA) is 91.4 Å². The molecule has 0 bridgehead atoms. The highest BCUT2D eigenvalue weighted by atomic mass is 35.5. The quantitative estimate of drug-likeness (QED) is 0.563. The van der Waals surface area contributed by atoms with Gasteiger partial charge in [-0.3, -0.25) is 4.79 Å². The molecule has 0 spiro atoms. The van der Waals surface area contributed by atoms with Gasteiger partial charge in [-0.25, -0.2) is 13.6 Å². The first-order valence-corrected chi connectivity index (χ1v) is 10.8. The lowest BCUT2D eigenvalue weighted by Gasteiger charge is -2.11. The van der Waals surface area contributed by atoms with Gasteiger partial charge in [0.2, 0.25) is 15.8 Å².